The van der Waals surface area contributed by atoms with Gasteiger partial charge in [-0.15, -0.1) is 0 Å². The number of ether oxygens (including phenoxy) is 2. The molecule has 1 saturated heterocycles. The Labute approximate surface area is 210 Å². The predicted octanol–water partition coefficient (Wildman–Crippen LogP) is 3.66. The fourth-order valence-electron chi connectivity index (χ4n) is 4.09. The second kappa shape index (κ2) is 10.9. The minimum absolute atomic E-state index is 0.150. The maximum atomic E-state index is 13.6. The number of nitrogens with one attached hydrogen (secondary N) is 1. The number of carbonyl (C=O) groups excluding carboxylic acids is 3. The van der Waals surface area contributed by atoms with Gasteiger partial charge in [0.2, 0.25) is 6.29 Å². The highest BCUT2D eigenvalue weighted by molar-refractivity contribution is 5.96. The lowest BCUT2D eigenvalue weighted by molar-refractivity contribution is -0.145. The molecule has 10 heteroatoms. The summed E-state index contributed by atoms with van der Waals surface area (Å²) in [5.41, 5.74) is 2.63. The number of hydrogen-bond acceptors (Lipinski definition) is 7. The van der Waals surface area contributed by atoms with E-state index < -0.39 is 30.2 Å². The van der Waals surface area contributed by atoms with Crippen LogP contribution in [0.15, 0.2) is 48.5 Å². The van der Waals surface area contributed by atoms with Gasteiger partial charge in [0.1, 0.15) is 5.75 Å². The first-order valence-electron chi connectivity index (χ1n) is 12.1. The van der Waals surface area contributed by atoms with Crippen molar-refractivity contribution in [1.29, 1.82) is 0 Å². The molecule has 1 unspecified atom stereocenters. The van der Waals surface area contributed by atoms with E-state index in [2.05, 4.69) is 5.32 Å². The first-order valence-corrected chi connectivity index (χ1v) is 12.1. The number of methoxy groups -OCH3 is 1. The second-order valence-electron chi connectivity index (χ2n) is 9.33. The molecule has 192 valence electrons. The van der Waals surface area contributed by atoms with Crippen LogP contribution in [0.4, 0.5) is 15.3 Å². The van der Waals surface area contributed by atoms with E-state index in [0.717, 1.165) is 39.6 Å². The Balaban J connectivity index is 1.56. The van der Waals surface area contributed by atoms with Gasteiger partial charge in [-0.2, -0.15) is 0 Å². The van der Waals surface area contributed by atoms with Gasteiger partial charge in [-0.3, -0.25) is 9.69 Å². The molecule has 2 aliphatic rings. The zero-order chi connectivity index (χ0) is 25.8. The van der Waals surface area contributed by atoms with Crippen molar-refractivity contribution in [2.75, 3.05) is 19.0 Å². The minimum Gasteiger partial charge on any atom is -0.490 e. The molecule has 4 rings (SSSR count). The lowest BCUT2D eigenvalue weighted by Gasteiger charge is -2.45. The Morgan fingerprint density at radius 1 is 1.08 bits per heavy atom. The van der Waals surface area contributed by atoms with E-state index in [1.807, 2.05) is 55.5 Å². The topological polar surface area (TPSA) is 117 Å². The number of benzene rings is 2. The highest BCUT2D eigenvalue weighted by Crippen LogP contribution is 2.27. The number of esters is 1. The molecule has 1 saturated carbocycles. The molecule has 2 aromatic rings. The summed E-state index contributed by atoms with van der Waals surface area (Å²) in [6.45, 7) is 3.62. The number of carbonyl (C=O) groups is 3. The quantitative estimate of drug-likeness (QED) is 0.310. The van der Waals surface area contributed by atoms with Gasteiger partial charge in [-0.1, -0.05) is 36.8 Å². The number of hydrazine groups is 1. The maximum absolute atomic E-state index is 13.6. The van der Waals surface area contributed by atoms with Crippen LogP contribution in [-0.4, -0.2) is 58.9 Å². The number of imide groups is 1. The summed E-state index contributed by atoms with van der Waals surface area (Å²) in [7, 11) is 1.26. The lowest BCUT2D eigenvalue weighted by Crippen LogP contribution is -2.70. The van der Waals surface area contributed by atoms with Crippen LogP contribution < -0.4 is 15.9 Å². The van der Waals surface area contributed by atoms with Crippen LogP contribution in [0.3, 0.4) is 0 Å². The Morgan fingerprint density at radius 2 is 1.75 bits per heavy atom. The minimum atomic E-state index is -0.950. The molecule has 1 heterocycles. The fourth-order valence-corrected chi connectivity index (χ4v) is 4.09. The third kappa shape index (κ3) is 5.54. The van der Waals surface area contributed by atoms with Crippen LogP contribution in [0.2, 0.25) is 0 Å². The Hall–Kier alpha value is -3.79. The number of anilines is 1. The standard InChI is InChI=1S/C26H33N5O5/c1-17-7-9-19(10-8-17)16-29-24(28-20-11-13-22(14-12-20)36-21-5-4-6-21)31(27)26(34)30(25(29)33)15-18(2)23(32)35-3/h7-14,18,21,24,28H,4-6,15-16,27H2,1-3H3/t18-,24?/m0/s1. The molecule has 2 atom stereocenters. The fraction of sp³-hybridized carbons (Fsp3) is 0.423. The van der Waals surface area contributed by atoms with E-state index in [-0.39, 0.29) is 19.2 Å². The van der Waals surface area contributed by atoms with Crippen molar-refractivity contribution in [1.82, 2.24) is 14.8 Å². The SMILES string of the molecule is COC(=O)[C@@H](C)CN1C(=O)N(N)C(Nc2ccc(OC3CCC3)cc2)N(Cc2ccc(C)cc2)C1=O. The van der Waals surface area contributed by atoms with Crippen molar-refractivity contribution in [3.63, 3.8) is 0 Å². The van der Waals surface area contributed by atoms with Gasteiger partial charge >= 0.3 is 18.0 Å². The zero-order valence-electron chi connectivity index (χ0n) is 20.8. The molecule has 36 heavy (non-hydrogen) atoms. The van der Waals surface area contributed by atoms with E-state index in [0.29, 0.717) is 5.69 Å². The van der Waals surface area contributed by atoms with Crippen LogP contribution in [-0.2, 0) is 16.1 Å². The van der Waals surface area contributed by atoms with E-state index in [4.69, 9.17) is 15.3 Å². The lowest BCUT2D eigenvalue weighted by atomic mass is 9.96. The highest BCUT2D eigenvalue weighted by Gasteiger charge is 2.44. The molecule has 0 radical (unpaired) electrons. The van der Waals surface area contributed by atoms with Crippen LogP contribution in [0.25, 0.3) is 0 Å². The smallest absolute Gasteiger partial charge is 0.345 e. The first kappa shape index (κ1) is 25.3. The summed E-state index contributed by atoms with van der Waals surface area (Å²) in [5.74, 6) is 5.79. The normalized spacial score (nSPS) is 19.1. The third-order valence-electron chi connectivity index (χ3n) is 6.53. The van der Waals surface area contributed by atoms with Crippen molar-refractivity contribution in [3.8, 4) is 5.75 Å². The van der Waals surface area contributed by atoms with Gasteiger partial charge in [-0.05, 0) is 56.0 Å². The number of amides is 4. The average Bonchev–Trinajstić information content (AvgIpc) is 2.86. The largest absolute Gasteiger partial charge is 0.490 e. The molecule has 2 fully saturated rings. The van der Waals surface area contributed by atoms with Crippen molar-refractivity contribution in [2.45, 2.75) is 52.0 Å². The molecule has 1 aliphatic carbocycles. The first-order chi connectivity index (χ1) is 17.3. The van der Waals surface area contributed by atoms with Gasteiger partial charge < -0.3 is 14.8 Å². The van der Waals surface area contributed by atoms with Crippen molar-refractivity contribution in [3.05, 3.63) is 59.7 Å². The average molecular weight is 496 g/mol. The van der Waals surface area contributed by atoms with E-state index >= 15 is 0 Å². The van der Waals surface area contributed by atoms with E-state index in [1.54, 1.807) is 6.92 Å². The molecule has 0 spiro atoms. The number of nitrogens with two attached hydrogens (primary N) is 1. The monoisotopic (exact) mass is 495 g/mol. The summed E-state index contributed by atoms with van der Waals surface area (Å²) >= 11 is 0. The number of aryl methyl sites for hydroxylation is 1. The molecule has 2 aromatic carbocycles. The zero-order valence-corrected chi connectivity index (χ0v) is 20.8. The van der Waals surface area contributed by atoms with Gasteiger partial charge in [0.05, 0.1) is 25.7 Å². The Kier molecular flexibility index (Phi) is 7.64. The molecule has 0 aromatic heterocycles. The molecule has 1 aliphatic heterocycles. The maximum Gasteiger partial charge on any atom is 0.345 e. The van der Waals surface area contributed by atoms with Crippen molar-refractivity contribution in [2.24, 2.45) is 11.8 Å². The molecule has 4 amide bonds. The summed E-state index contributed by atoms with van der Waals surface area (Å²) in [5, 5.41) is 4.17. The van der Waals surface area contributed by atoms with Crippen LogP contribution in [0.5, 0.6) is 5.75 Å². The van der Waals surface area contributed by atoms with Crippen LogP contribution >= 0.6 is 0 Å². The Morgan fingerprint density at radius 3 is 2.33 bits per heavy atom. The summed E-state index contributed by atoms with van der Waals surface area (Å²) in [6.07, 6.45) is 2.63. The summed E-state index contributed by atoms with van der Waals surface area (Å²) < 4.78 is 10.7. The Bertz CT molecular complexity index is 1090. The van der Waals surface area contributed by atoms with Crippen molar-refractivity contribution >= 4 is 23.7 Å². The van der Waals surface area contributed by atoms with E-state index in [9.17, 15) is 14.4 Å². The molecule has 10 nitrogen and oxygen atoms in total. The second-order valence-corrected chi connectivity index (χ2v) is 9.33. The molecular weight excluding hydrogens is 462 g/mol. The highest BCUT2D eigenvalue weighted by atomic mass is 16.5. The van der Waals surface area contributed by atoms with Crippen molar-refractivity contribution < 1.29 is 23.9 Å². The van der Waals surface area contributed by atoms with Crippen LogP contribution in [0.1, 0.15) is 37.3 Å². The van der Waals surface area contributed by atoms with Gasteiger partial charge in [-0.25, -0.2) is 25.3 Å². The summed E-state index contributed by atoms with van der Waals surface area (Å²) in [6, 6.07) is 13.8. The molecule has 0 bridgehead atoms. The summed E-state index contributed by atoms with van der Waals surface area (Å²) in [4.78, 5) is 41.1. The molecule has 3 N–H and O–H groups in total. The number of hydrogen-bond donors (Lipinski definition) is 2. The predicted molar refractivity (Wildman–Crippen MR) is 134 cm³/mol. The number of nitrogens with zero attached hydrogens (tertiary/aromatic N) is 3. The van der Waals surface area contributed by atoms with Gasteiger partial charge in [0, 0.05) is 12.2 Å². The molecular formula is C26H33N5O5. The van der Waals surface area contributed by atoms with E-state index in [1.165, 1.54) is 18.4 Å². The number of urea groups is 2. The van der Waals surface area contributed by atoms with Crippen LogP contribution in [0, 0.1) is 12.8 Å². The number of rotatable bonds is 9. The van der Waals surface area contributed by atoms with Gasteiger partial charge in [0.25, 0.3) is 0 Å². The third-order valence-corrected chi connectivity index (χ3v) is 6.53. The van der Waals surface area contributed by atoms with Gasteiger partial charge in [0.15, 0.2) is 0 Å².